The van der Waals surface area contributed by atoms with E-state index in [2.05, 4.69) is 31.9 Å². The molecule has 0 radical (unpaired) electrons. The standard InChI is InChI=1S/C14H15Br2NO2/c1-2-9-8-17(6-5-13(9)18)14(19)11-7-10(15)3-4-12(11)16/h3-4,7,9H,2,5-6,8H2,1H3. The number of hydrogen-bond acceptors (Lipinski definition) is 2. The first-order valence-electron chi connectivity index (χ1n) is 6.30. The van der Waals surface area contributed by atoms with Gasteiger partial charge in [0.05, 0.1) is 5.56 Å². The van der Waals surface area contributed by atoms with Crippen LogP contribution in [0, 0.1) is 5.92 Å². The summed E-state index contributed by atoms with van der Waals surface area (Å²) >= 11 is 6.78. The third kappa shape index (κ3) is 3.26. The molecule has 0 aromatic heterocycles. The second-order valence-electron chi connectivity index (χ2n) is 4.70. The van der Waals surface area contributed by atoms with Crippen LogP contribution in [0.1, 0.15) is 30.1 Å². The molecule has 19 heavy (non-hydrogen) atoms. The molecule has 1 atom stereocenters. The summed E-state index contributed by atoms with van der Waals surface area (Å²) in [5, 5.41) is 0. The molecule has 1 aromatic carbocycles. The maximum Gasteiger partial charge on any atom is 0.255 e. The number of Topliss-reactive ketones (excluding diaryl/α,β-unsaturated/α-hetero) is 1. The molecule has 1 amide bonds. The quantitative estimate of drug-likeness (QED) is 0.775. The van der Waals surface area contributed by atoms with Crippen LogP contribution in [0.4, 0.5) is 0 Å². The number of likely N-dealkylation sites (tertiary alicyclic amines) is 1. The van der Waals surface area contributed by atoms with Gasteiger partial charge < -0.3 is 4.90 Å². The largest absolute Gasteiger partial charge is 0.337 e. The van der Waals surface area contributed by atoms with Gasteiger partial charge in [-0.1, -0.05) is 22.9 Å². The van der Waals surface area contributed by atoms with Gasteiger partial charge in [-0.25, -0.2) is 0 Å². The highest BCUT2D eigenvalue weighted by Crippen LogP contribution is 2.25. The Balaban J connectivity index is 2.20. The molecule has 1 saturated heterocycles. The van der Waals surface area contributed by atoms with Crippen LogP contribution >= 0.6 is 31.9 Å². The van der Waals surface area contributed by atoms with E-state index in [1.807, 2.05) is 25.1 Å². The highest BCUT2D eigenvalue weighted by Gasteiger charge is 2.29. The van der Waals surface area contributed by atoms with E-state index in [0.717, 1.165) is 15.4 Å². The minimum absolute atomic E-state index is 0.0105. The minimum Gasteiger partial charge on any atom is -0.337 e. The third-order valence-corrected chi connectivity index (χ3v) is 4.65. The van der Waals surface area contributed by atoms with Crippen molar-refractivity contribution >= 4 is 43.6 Å². The summed E-state index contributed by atoms with van der Waals surface area (Å²) < 4.78 is 1.66. The van der Waals surface area contributed by atoms with Crippen LogP contribution in [0.3, 0.4) is 0 Å². The van der Waals surface area contributed by atoms with Gasteiger partial charge >= 0.3 is 0 Å². The first kappa shape index (κ1) is 14.7. The maximum atomic E-state index is 12.5. The average molecular weight is 389 g/mol. The predicted octanol–water partition coefficient (Wildman–Crippen LogP) is 3.65. The van der Waals surface area contributed by atoms with Gasteiger partial charge in [-0.05, 0) is 40.5 Å². The van der Waals surface area contributed by atoms with E-state index >= 15 is 0 Å². The number of rotatable bonds is 2. The van der Waals surface area contributed by atoms with Crippen LogP contribution in [0.15, 0.2) is 27.1 Å². The Labute approximate surface area is 129 Å². The van der Waals surface area contributed by atoms with Crippen LogP contribution in [-0.4, -0.2) is 29.7 Å². The molecule has 0 spiro atoms. The van der Waals surface area contributed by atoms with Crippen LogP contribution in [0.2, 0.25) is 0 Å². The second-order valence-corrected chi connectivity index (χ2v) is 6.47. The third-order valence-electron chi connectivity index (χ3n) is 3.46. The number of hydrogen-bond donors (Lipinski definition) is 0. The zero-order valence-electron chi connectivity index (χ0n) is 10.7. The number of carbonyl (C=O) groups excluding carboxylic acids is 2. The summed E-state index contributed by atoms with van der Waals surface area (Å²) in [7, 11) is 0. The van der Waals surface area contributed by atoms with Gasteiger partial charge in [-0.2, -0.15) is 0 Å². The molecule has 3 nitrogen and oxygen atoms in total. The molecule has 1 heterocycles. The number of carbonyl (C=O) groups is 2. The molecule has 0 aliphatic carbocycles. The Hall–Kier alpha value is -0.680. The lowest BCUT2D eigenvalue weighted by atomic mass is 9.93. The predicted molar refractivity (Wildman–Crippen MR) is 81.2 cm³/mol. The first-order chi connectivity index (χ1) is 9.02. The second kappa shape index (κ2) is 6.18. The van der Waals surface area contributed by atoms with Crippen molar-refractivity contribution in [2.24, 2.45) is 5.92 Å². The smallest absolute Gasteiger partial charge is 0.255 e. The fourth-order valence-electron chi connectivity index (χ4n) is 2.28. The summed E-state index contributed by atoms with van der Waals surface area (Å²) in [5.74, 6) is 0.252. The summed E-state index contributed by atoms with van der Waals surface area (Å²) in [5.41, 5.74) is 0.638. The number of halogens is 2. The van der Waals surface area contributed by atoms with Crippen molar-refractivity contribution in [2.75, 3.05) is 13.1 Å². The topological polar surface area (TPSA) is 37.4 Å². The van der Waals surface area contributed by atoms with Gasteiger partial charge in [0.25, 0.3) is 5.91 Å². The summed E-state index contributed by atoms with van der Waals surface area (Å²) in [6.45, 7) is 3.05. The Morgan fingerprint density at radius 3 is 2.84 bits per heavy atom. The molecule has 102 valence electrons. The van der Waals surface area contributed by atoms with Crippen LogP contribution < -0.4 is 0 Å². The van der Waals surface area contributed by atoms with E-state index < -0.39 is 0 Å². The maximum absolute atomic E-state index is 12.5. The molecule has 1 unspecified atom stereocenters. The van der Waals surface area contributed by atoms with Crippen molar-refractivity contribution in [3.63, 3.8) is 0 Å². The van der Waals surface area contributed by atoms with Gasteiger partial charge in [-0.15, -0.1) is 0 Å². The zero-order valence-corrected chi connectivity index (χ0v) is 13.8. The molecule has 1 aliphatic heterocycles. The molecular weight excluding hydrogens is 374 g/mol. The van der Waals surface area contributed by atoms with Gasteiger partial charge in [-0.3, -0.25) is 9.59 Å². The fourth-order valence-corrected chi connectivity index (χ4v) is 3.06. The molecule has 1 aromatic rings. The van der Waals surface area contributed by atoms with Crippen molar-refractivity contribution in [3.05, 3.63) is 32.7 Å². The normalized spacial score (nSPS) is 19.6. The van der Waals surface area contributed by atoms with Gasteiger partial charge in [0.1, 0.15) is 5.78 Å². The van der Waals surface area contributed by atoms with Crippen molar-refractivity contribution in [2.45, 2.75) is 19.8 Å². The van der Waals surface area contributed by atoms with E-state index in [4.69, 9.17) is 0 Å². The van der Waals surface area contributed by atoms with E-state index in [9.17, 15) is 9.59 Å². The number of amides is 1. The van der Waals surface area contributed by atoms with Gasteiger partial charge in [0, 0.05) is 34.4 Å². The number of piperidine rings is 1. The van der Waals surface area contributed by atoms with E-state index in [1.165, 1.54) is 0 Å². The summed E-state index contributed by atoms with van der Waals surface area (Å²) in [6, 6.07) is 5.54. The van der Waals surface area contributed by atoms with Gasteiger partial charge in [0.15, 0.2) is 0 Å². The van der Waals surface area contributed by atoms with E-state index in [-0.39, 0.29) is 17.6 Å². The van der Waals surface area contributed by atoms with E-state index in [0.29, 0.717) is 25.1 Å². The summed E-state index contributed by atoms with van der Waals surface area (Å²) in [4.78, 5) is 26.0. The SMILES string of the molecule is CCC1CN(C(=O)c2cc(Br)ccc2Br)CCC1=O. The molecular formula is C14H15Br2NO2. The highest BCUT2D eigenvalue weighted by molar-refractivity contribution is 9.11. The molecule has 0 saturated carbocycles. The number of nitrogens with zero attached hydrogens (tertiary/aromatic N) is 1. The monoisotopic (exact) mass is 387 g/mol. The molecule has 2 rings (SSSR count). The number of ketones is 1. The van der Waals surface area contributed by atoms with Crippen molar-refractivity contribution in [1.82, 2.24) is 4.90 Å². The van der Waals surface area contributed by atoms with Crippen molar-refractivity contribution < 1.29 is 9.59 Å². The Morgan fingerprint density at radius 1 is 1.42 bits per heavy atom. The highest BCUT2D eigenvalue weighted by atomic mass is 79.9. The first-order valence-corrected chi connectivity index (χ1v) is 7.88. The fraction of sp³-hybridized carbons (Fsp3) is 0.429. The molecule has 1 fully saturated rings. The number of benzene rings is 1. The Bertz CT molecular complexity index is 516. The van der Waals surface area contributed by atoms with Gasteiger partial charge in [0.2, 0.25) is 0 Å². The lowest BCUT2D eigenvalue weighted by molar-refractivity contribution is -0.125. The molecule has 0 bridgehead atoms. The molecule has 5 heteroatoms. The lowest BCUT2D eigenvalue weighted by Crippen LogP contribution is -2.44. The minimum atomic E-state index is -0.0147. The average Bonchev–Trinajstić information content (AvgIpc) is 2.41. The van der Waals surface area contributed by atoms with Crippen LogP contribution in [-0.2, 0) is 4.79 Å². The van der Waals surface area contributed by atoms with Crippen molar-refractivity contribution in [3.8, 4) is 0 Å². The zero-order chi connectivity index (χ0) is 14.0. The van der Waals surface area contributed by atoms with Crippen molar-refractivity contribution in [1.29, 1.82) is 0 Å². The molecule has 1 aliphatic rings. The Morgan fingerprint density at radius 2 is 2.16 bits per heavy atom. The summed E-state index contributed by atoms with van der Waals surface area (Å²) in [6.07, 6.45) is 1.26. The Kier molecular flexibility index (Phi) is 4.79. The van der Waals surface area contributed by atoms with Crippen LogP contribution in [0.25, 0.3) is 0 Å². The molecule has 0 N–H and O–H groups in total. The van der Waals surface area contributed by atoms with E-state index in [1.54, 1.807) is 4.90 Å². The lowest BCUT2D eigenvalue weighted by Gasteiger charge is -2.31. The van der Waals surface area contributed by atoms with Crippen LogP contribution in [0.5, 0.6) is 0 Å².